The number of carbonyl (C=O) groups excluding carboxylic acids is 1. The van der Waals surface area contributed by atoms with Crippen molar-refractivity contribution < 1.29 is 9.53 Å². The molecule has 4 heterocycles. The number of nitrogens with one attached hydrogen (secondary N) is 1. The lowest BCUT2D eigenvalue weighted by molar-refractivity contribution is -0.120. The molecule has 4 aliphatic rings. The molecule has 1 unspecified atom stereocenters. The molecule has 0 bridgehead atoms. The number of nitrogens with two attached hydrogens (primary N) is 1. The third-order valence-electron chi connectivity index (χ3n) is 5.78. The van der Waals surface area contributed by atoms with Gasteiger partial charge in [-0.3, -0.25) is 9.48 Å². The topological polar surface area (TPSA) is 97.8 Å². The average molecular weight is 380 g/mol. The van der Waals surface area contributed by atoms with Gasteiger partial charge in [0.1, 0.15) is 24.7 Å². The summed E-state index contributed by atoms with van der Waals surface area (Å²) in [6.45, 7) is 3.39. The van der Waals surface area contributed by atoms with Gasteiger partial charge < -0.3 is 20.7 Å². The first-order valence-corrected chi connectivity index (χ1v) is 9.69. The summed E-state index contributed by atoms with van der Waals surface area (Å²) in [7, 11) is 1.92. The fourth-order valence-corrected chi connectivity index (χ4v) is 4.26. The summed E-state index contributed by atoms with van der Waals surface area (Å²) in [6.07, 6.45) is 8.55. The maximum Gasteiger partial charge on any atom is 0.240 e. The normalized spacial score (nSPS) is 21.9. The first kappa shape index (κ1) is 17.1. The van der Waals surface area contributed by atoms with E-state index in [1.165, 1.54) is 5.57 Å². The van der Waals surface area contributed by atoms with Crippen LogP contribution in [0.15, 0.2) is 46.2 Å². The highest BCUT2D eigenvalue weighted by molar-refractivity contribution is 6.02. The predicted octanol–water partition coefficient (Wildman–Crippen LogP) is 1.06. The highest BCUT2D eigenvalue weighted by Gasteiger charge is 2.39. The molecule has 0 spiro atoms. The van der Waals surface area contributed by atoms with Crippen molar-refractivity contribution in [3.05, 3.63) is 52.5 Å². The van der Waals surface area contributed by atoms with Gasteiger partial charge in [-0.15, -0.1) is 0 Å². The first-order chi connectivity index (χ1) is 13.5. The standard InChI is InChI=1S/C20H24N6O2/c1-11-15(8-25(2)24-11)20-22-7-14-16(23-17(19(21)27)12-3-4-12)10-28-9-13-5-6-26(20)18(13)14/h7-8,10,12,17,23H,3-6,9H2,1-2H3,(H2,21,27). The Balaban J connectivity index is 1.54. The number of carbonyl (C=O) groups is 1. The molecule has 28 heavy (non-hydrogen) atoms. The zero-order valence-corrected chi connectivity index (χ0v) is 16.1. The van der Waals surface area contributed by atoms with Gasteiger partial charge in [-0.1, -0.05) is 0 Å². The highest BCUT2D eigenvalue weighted by atomic mass is 16.5. The predicted molar refractivity (Wildman–Crippen MR) is 104 cm³/mol. The summed E-state index contributed by atoms with van der Waals surface area (Å²) in [5.41, 5.74) is 11.7. The van der Waals surface area contributed by atoms with Crippen LogP contribution in [0, 0.1) is 12.8 Å². The minimum absolute atomic E-state index is 0.302. The van der Waals surface area contributed by atoms with Crippen molar-refractivity contribution >= 4 is 11.7 Å². The average Bonchev–Trinajstić information content (AvgIpc) is 3.35. The first-order valence-electron chi connectivity index (χ1n) is 9.69. The summed E-state index contributed by atoms with van der Waals surface area (Å²) in [4.78, 5) is 19.0. The second-order valence-corrected chi connectivity index (χ2v) is 7.86. The molecule has 0 saturated heterocycles. The van der Waals surface area contributed by atoms with E-state index in [0.29, 0.717) is 12.5 Å². The number of aliphatic imine (C=N–C) groups is 1. The molecule has 0 radical (unpaired) electrons. The highest BCUT2D eigenvalue weighted by Crippen LogP contribution is 2.39. The van der Waals surface area contributed by atoms with Crippen LogP contribution in [0.1, 0.15) is 30.5 Å². The van der Waals surface area contributed by atoms with E-state index in [9.17, 15) is 4.79 Å². The van der Waals surface area contributed by atoms with Crippen molar-refractivity contribution in [3.8, 4) is 0 Å². The van der Waals surface area contributed by atoms with Crippen LogP contribution < -0.4 is 11.1 Å². The van der Waals surface area contributed by atoms with Crippen molar-refractivity contribution in [2.45, 2.75) is 32.2 Å². The Kier molecular flexibility index (Phi) is 3.82. The Morgan fingerprint density at radius 1 is 1.43 bits per heavy atom. The van der Waals surface area contributed by atoms with Gasteiger partial charge in [-0.25, -0.2) is 4.99 Å². The fourth-order valence-electron chi connectivity index (χ4n) is 4.26. The van der Waals surface area contributed by atoms with E-state index >= 15 is 0 Å². The molecule has 8 heteroatoms. The molecule has 1 atom stereocenters. The molecule has 8 nitrogen and oxygen atoms in total. The molecule has 1 saturated carbocycles. The smallest absolute Gasteiger partial charge is 0.240 e. The number of amidine groups is 1. The maximum atomic E-state index is 11.9. The molecular weight excluding hydrogens is 356 g/mol. The maximum absolute atomic E-state index is 11.9. The van der Waals surface area contributed by atoms with Crippen molar-refractivity contribution in [1.29, 1.82) is 0 Å². The van der Waals surface area contributed by atoms with Crippen LogP contribution >= 0.6 is 0 Å². The largest absolute Gasteiger partial charge is 0.495 e. The Morgan fingerprint density at radius 2 is 2.25 bits per heavy atom. The van der Waals surface area contributed by atoms with Crippen LogP contribution in [0.3, 0.4) is 0 Å². The molecule has 3 aliphatic heterocycles. The van der Waals surface area contributed by atoms with Gasteiger partial charge in [-0.05, 0) is 37.7 Å². The molecular formula is C20H24N6O2. The summed E-state index contributed by atoms with van der Waals surface area (Å²) < 4.78 is 7.62. The zero-order valence-electron chi connectivity index (χ0n) is 16.1. The van der Waals surface area contributed by atoms with Crippen molar-refractivity contribution in [1.82, 2.24) is 20.0 Å². The van der Waals surface area contributed by atoms with E-state index in [-0.39, 0.29) is 11.9 Å². The molecule has 0 aromatic carbocycles. The number of aromatic nitrogens is 2. The molecule has 146 valence electrons. The van der Waals surface area contributed by atoms with E-state index < -0.39 is 0 Å². The summed E-state index contributed by atoms with van der Waals surface area (Å²) >= 11 is 0. The second-order valence-electron chi connectivity index (χ2n) is 7.86. The van der Waals surface area contributed by atoms with E-state index in [2.05, 4.69) is 15.3 Å². The van der Waals surface area contributed by atoms with E-state index in [1.54, 1.807) is 6.26 Å². The number of amides is 1. The van der Waals surface area contributed by atoms with Gasteiger partial charge in [0.15, 0.2) is 0 Å². The van der Waals surface area contributed by atoms with Gasteiger partial charge >= 0.3 is 0 Å². The van der Waals surface area contributed by atoms with Gasteiger partial charge in [0.05, 0.1) is 22.7 Å². The van der Waals surface area contributed by atoms with Crippen LogP contribution in [0.2, 0.25) is 0 Å². The number of ether oxygens (including phenoxy) is 1. The molecule has 1 fully saturated rings. The van der Waals surface area contributed by atoms with Crippen LogP contribution in [0.5, 0.6) is 0 Å². The van der Waals surface area contributed by atoms with Crippen LogP contribution in [-0.4, -0.2) is 45.6 Å². The van der Waals surface area contributed by atoms with E-state index in [4.69, 9.17) is 15.5 Å². The lowest BCUT2D eigenvalue weighted by atomic mass is 10.0. The Morgan fingerprint density at radius 3 is 2.93 bits per heavy atom. The van der Waals surface area contributed by atoms with E-state index in [0.717, 1.165) is 59.9 Å². The lowest BCUT2D eigenvalue weighted by Crippen LogP contribution is -2.43. The zero-order chi connectivity index (χ0) is 19.4. The van der Waals surface area contributed by atoms with Crippen molar-refractivity contribution in [2.75, 3.05) is 13.2 Å². The monoisotopic (exact) mass is 380 g/mol. The fraction of sp³-hybridized carbons (Fsp3) is 0.450. The Hall–Kier alpha value is -3.03. The van der Waals surface area contributed by atoms with Crippen LogP contribution in [-0.2, 0) is 16.6 Å². The Labute approximate surface area is 163 Å². The number of aryl methyl sites for hydroxylation is 2. The third kappa shape index (κ3) is 2.71. The number of hydrogen-bond acceptors (Lipinski definition) is 6. The number of primary amides is 1. The molecule has 1 aromatic rings. The van der Waals surface area contributed by atoms with Gasteiger partial charge in [0.2, 0.25) is 5.91 Å². The third-order valence-corrected chi connectivity index (χ3v) is 5.78. The summed E-state index contributed by atoms with van der Waals surface area (Å²) in [5, 5.41) is 7.81. The number of rotatable bonds is 5. The van der Waals surface area contributed by atoms with Gasteiger partial charge in [0, 0.05) is 31.6 Å². The summed E-state index contributed by atoms with van der Waals surface area (Å²) in [5.74, 6) is 0.891. The van der Waals surface area contributed by atoms with Crippen molar-refractivity contribution in [2.24, 2.45) is 23.7 Å². The minimum Gasteiger partial charge on any atom is -0.495 e. The van der Waals surface area contributed by atoms with Gasteiger partial charge in [-0.2, -0.15) is 5.10 Å². The summed E-state index contributed by atoms with van der Waals surface area (Å²) in [6, 6.07) is -0.376. The van der Waals surface area contributed by atoms with E-state index in [1.807, 2.05) is 31.1 Å². The number of nitrogens with zero attached hydrogens (tertiary/aromatic N) is 4. The van der Waals surface area contributed by atoms with Crippen LogP contribution in [0.25, 0.3) is 0 Å². The SMILES string of the molecule is Cc1nn(C)cc1C1=NC=C2C(NC(C(N)=O)C3CC3)=COCC3=C2N1CC3. The van der Waals surface area contributed by atoms with Gasteiger partial charge in [0.25, 0.3) is 0 Å². The van der Waals surface area contributed by atoms with Crippen molar-refractivity contribution in [3.63, 3.8) is 0 Å². The lowest BCUT2D eigenvalue weighted by Gasteiger charge is -2.30. The molecule has 1 amide bonds. The number of hydrogen-bond donors (Lipinski definition) is 2. The van der Waals surface area contributed by atoms with Crippen LogP contribution in [0.4, 0.5) is 0 Å². The minimum atomic E-state index is -0.376. The quantitative estimate of drug-likeness (QED) is 0.796. The molecule has 5 rings (SSSR count). The second kappa shape index (κ2) is 6.25. The molecule has 1 aromatic heterocycles. The molecule has 1 aliphatic carbocycles. The molecule has 3 N–H and O–H groups in total. The Bertz CT molecular complexity index is 979.